The Bertz CT molecular complexity index is 577. The van der Waals surface area contributed by atoms with E-state index in [0.29, 0.717) is 6.54 Å². The molecule has 0 amide bonds. The van der Waals surface area contributed by atoms with Crippen LogP contribution in [0.1, 0.15) is 11.3 Å². The summed E-state index contributed by atoms with van der Waals surface area (Å²) >= 11 is 0. The summed E-state index contributed by atoms with van der Waals surface area (Å²) in [6, 6.07) is 7.01. The first kappa shape index (κ1) is 11.3. The van der Waals surface area contributed by atoms with Crippen LogP contribution >= 0.6 is 0 Å². The van der Waals surface area contributed by atoms with E-state index in [-0.39, 0.29) is 5.56 Å². The van der Waals surface area contributed by atoms with Gasteiger partial charge in [-0.15, -0.1) is 0 Å². The predicted octanol–water partition coefficient (Wildman–Crippen LogP) is 1.04. The van der Waals surface area contributed by atoms with Gasteiger partial charge in [-0.1, -0.05) is 6.07 Å². The molecular formula is C12H14N4O. The molecule has 0 aromatic carbocycles. The summed E-state index contributed by atoms with van der Waals surface area (Å²) in [4.78, 5) is 15.8. The minimum atomic E-state index is -0.110. The topological polar surface area (TPSA) is 59.8 Å². The van der Waals surface area contributed by atoms with E-state index in [2.05, 4.69) is 15.4 Å². The molecule has 88 valence electrons. The number of pyridine rings is 1. The number of rotatable bonds is 3. The molecule has 0 bridgehead atoms. The van der Waals surface area contributed by atoms with Crippen LogP contribution in [0.25, 0.3) is 0 Å². The molecule has 1 N–H and O–H groups in total. The summed E-state index contributed by atoms with van der Waals surface area (Å²) in [6.07, 6.45) is 1.71. The fraction of sp³-hybridized carbons (Fsp3) is 0.250. The molecule has 5 nitrogen and oxygen atoms in total. The van der Waals surface area contributed by atoms with Crippen LogP contribution in [0.4, 0.5) is 5.82 Å². The Balaban J connectivity index is 2.37. The lowest BCUT2D eigenvalue weighted by atomic mass is 10.2. The second kappa shape index (κ2) is 4.78. The van der Waals surface area contributed by atoms with Gasteiger partial charge in [0, 0.05) is 24.9 Å². The van der Waals surface area contributed by atoms with Crippen LogP contribution < -0.4 is 10.9 Å². The largest absolute Gasteiger partial charge is 0.373 e. The zero-order valence-electron chi connectivity index (χ0n) is 9.84. The Morgan fingerprint density at radius 2 is 2.18 bits per heavy atom. The van der Waals surface area contributed by atoms with Crippen LogP contribution in [-0.2, 0) is 6.54 Å². The molecular weight excluding hydrogens is 216 g/mol. The van der Waals surface area contributed by atoms with Crippen molar-refractivity contribution in [1.82, 2.24) is 14.8 Å². The lowest BCUT2D eigenvalue weighted by molar-refractivity contribution is 0.628. The van der Waals surface area contributed by atoms with Gasteiger partial charge in [-0.3, -0.25) is 4.79 Å². The van der Waals surface area contributed by atoms with E-state index < -0.39 is 0 Å². The van der Waals surface area contributed by atoms with Crippen LogP contribution in [0.2, 0.25) is 0 Å². The van der Waals surface area contributed by atoms with Crippen molar-refractivity contribution in [3.05, 3.63) is 52.1 Å². The molecule has 0 fully saturated rings. The van der Waals surface area contributed by atoms with Crippen molar-refractivity contribution in [2.75, 3.05) is 12.4 Å². The van der Waals surface area contributed by atoms with Gasteiger partial charge in [-0.25, -0.2) is 9.67 Å². The second-order valence-electron chi connectivity index (χ2n) is 3.73. The maximum absolute atomic E-state index is 11.6. The minimum Gasteiger partial charge on any atom is -0.373 e. The lowest BCUT2D eigenvalue weighted by Gasteiger charge is -2.09. The molecule has 2 rings (SSSR count). The molecule has 0 aliphatic rings. The van der Waals surface area contributed by atoms with Gasteiger partial charge in [0.1, 0.15) is 5.82 Å². The summed E-state index contributed by atoms with van der Waals surface area (Å²) in [5, 5.41) is 7.19. The average molecular weight is 230 g/mol. The summed E-state index contributed by atoms with van der Waals surface area (Å²) < 4.78 is 1.44. The van der Waals surface area contributed by atoms with E-state index in [1.165, 1.54) is 10.7 Å². The van der Waals surface area contributed by atoms with Crippen LogP contribution in [0.15, 0.2) is 35.3 Å². The molecule has 2 aromatic heterocycles. The molecule has 0 aliphatic carbocycles. The first-order chi connectivity index (χ1) is 8.20. The van der Waals surface area contributed by atoms with Gasteiger partial charge in [0.25, 0.3) is 5.56 Å². The summed E-state index contributed by atoms with van der Waals surface area (Å²) in [6.45, 7) is 2.28. The van der Waals surface area contributed by atoms with Gasteiger partial charge in [0.2, 0.25) is 0 Å². The van der Waals surface area contributed by atoms with E-state index in [1.807, 2.05) is 19.1 Å². The molecule has 0 saturated heterocycles. The molecule has 0 aliphatic heterocycles. The van der Waals surface area contributed by atoms with Gasteiger partial charge in [0.05, 0.1) is 12.2 Å². The Kier molecular flexibility index (Phi) is 3.18. The van der Waals surface area contributed by atoms with Crippen molar-refractivity contribution in [2.45, 2.75) is 13.5 Å². The van der Waals surface area contributed by atoms with E-state index in [9.17, 15) is 4.79 Å². The second-order valence-corrected chi connectivity index (χ2v) is 3.73. The van der Waals surface area contributed by atoms with Crippen LogP contribution in [-0.4, -0.2) is 21.8 Å². The van der Waals surface area contributed by atoms with Crippen LogP contribution in [0, 0.1) is 6.92 Å². The maximum atomic E-state index is 11.6. The van der Waals surface area contributed by atoms with E-state index in [1.54, 1.807) is 19.3 Å². The third-order valence-corrected chi connectivity index (χ3v) is 2.45. The number of anilines is 1. The van der Waals surface area contributed by atoms with E-state index >= 15 is 0 Å². The van der Waals surface area contributed by atoms with Crippen LogP contribution in [0.5, 0.6) is 0 Å². The summed E-state index contributed by atoms with van der Waals surface area (Å²) in [5.74, 6) is 0.766. The predicted molar refractivity (Wildman–Crippen MR) is 66.1 cm³/mol. The highest BCUT2D eigenvalue weighted by Gasteiger charge is 2.04. The zero-order chi connectivity index (χ0) is 12.3. The van der Waals surface area contributed by atoms with Crippen molar-refractivity contribution in [2.24, 2.45) is 0 Å². The fourth-order valence-electron chi connectivity index (χ4n) is 1.62. The van der Waals surface area contributed by atoms with E-state index in [0.717, 1.165) is 17.1 Å². The number of nitrogens with zero attached hydrogens (tertiary/aromatic N) is 3. The lowest BCUT2D eigenvalue weighted by Crippen LogP contribution is -2.23. The molecule has 0 unspecified atom stereocenters. The number of hydrogen-bond acceptors (Lipinski definition) is 4. The highest BCUT2D eigenvalue weighted by Crippen LogP contribution is 2.10. The van der Waals surface area contributed by atoms with Crippen molar-refractivity contribution >= 4 is 5.82 Å². The average Bonchev–Trinajstić information content (AvgIpc) is 2.34. The molecule has 17 heavy (non-hydrogen) atoms. The van der Waals surface area contributed by atoms with Gasteiger partial charge in [0.15, 0.2) is 0 Å². The first-order valence-corrected chi connectivity index (χ1v) is 5.37. The number of nitrogens with one attached hydrogen (secondary N) is 1. The highest BCUT2D eigenvalue weighted by molar-refractivity contribution is 5.42. The van der Waals surface area contributed by atoms with E-state index in [4.69, 9.17) is 0 Å². The van der Waals surface area contributed by atoms with Crippen molar-refractivity contribution in [3.63, 3.8) is 0 Å². The van der Waals surface area contributed by atoms with Gasteiger partial charge >= 0.3 is 0 Å². The molecule has 0 radical (unpaired) electrons. The molecule has 5 heteroatoms. The molecule has 2 heterocycles. The quantitative estimate of drug-likeness (QED) is 0.855. The molecule has 0 atom stereocenters. The minimum absolute atomic E-state index is 0.110. The third-order valence-electron chi connectivity index (χ3n) is 2.45. The highest BCUT2D eigenvalue weighted by atomic mass is 16.1. The molecule has 0 saturated carbocycles. The van der Waals surface area contributed by atoms with Gasteiger partial charge in [-0.2, -0.15) is 5.10 Å². The van der Waals surface area contributed by atoms with Gasteiger partial charge < -0.3 is 5.32 Å². The first-order valence-electron chi connectivity index (χ1n) is 5.37. The number of hydrogen-bond donors (Lipinski definition) is 1. The Morgan fingerprint density at radius 1 is 1.35 bits per heavy atom. The Hall–Kier alpha value is -2.17. The molecule has 0 spiro atoms. The SMILES string of the molecule is CNc1ncccc1Cn1nc(C)ccc1=O. The van der Waals surface area contributed by atoms with Crippen molar-refractivity contribution < 1.29 is 0 Å². The normalized spacial score (nSPS) is 10.2. The van der Waals surface area contributed by atoms with Crippen molar-refractivity contribution in [3.8, 4) is 0 Å². The van der Waals surface area contributed by atoms with Crippen LogP contribution in [0.3, 0.4) is 0 Å². The fourth-order valence-corrected chi connectivity index (χ4v) is 1.62. The standard InChI is InChI=1S/C12H14N4O/c1-9-5-6-11(17)16(15-9)8-10-4-3-7-14-12(10)13-2/h3-7H,8H2,1-2H3,(H,13,14). The number of aryl methyl sites for hydroxylation is 1. The smallest absolute Gasteiger partial charge is 0.267 e. The maximum Gasteiger partial charge on any atom is 0.267 e. The Labute approximate surface area is 99.1 Å². The van der Waals surface area contributed by atoms with Crippen molar-refractivity contribution in [1.29, 1.82) is 0 Å². The zero-order valence-corrected chi connectivity index (χ0v) is 9.84. The molecule has 2 aromatic rings. The summed E-state index contributed by atoms with van der Waals surface area (Å²) in [7, 11) is 1.80. The van der Waals surface area contributed by atoms with Gasteiger partial charge in [-0.05, 0) is 19.1 Å². The Morgan fingerprint density at radius 3 is 2.94 bits per heavy atom. The summed E-state index contributed by atoms with van der Waals surface area (Å²) in [5.41, 5.74) is 1.65. The third kappa shape index (κ3) is 2.50. The number of aromatic nitrogens is 3. The monoisotopic (exact) mass is 230 g/mol.